The standard InChI is InChI=1S/C31H37ClN6O2S/c1-18(39)33-31-34-25-13-12-23-27(19-5-6-19)35-38(28(23)29(25)41-31)26-14-7-20(17-24(26)32)30(40)36(2)21-8-10-22(11-9-21)37-15-3-4-16-37/h7,14,17,19,21-22H,3-6,8-13,15-16H2,1-2H3,(H,33,34,39). The number of rotatable bonds is 6. The van der Waals surface area contributed by atoms with Crippen LogP contribution in [0.15, 0.2) is 18.2 Å². The molecule has 4 aliphatic rings. The molecular weight excluding hydrogens is 556 g/mol. The summed E-state index contributed by atoms with van der Waals surface area (Å²) < 4.78 is 1.96. The maximum absolute atomic E-state index is 13.6. The monoisotopic (exact) mass is 592 g/mol. The number of fused-ring (bicyclic) bond motifs is 3. The van der Waals surface area contributed by atoms with Gasteiger partial charge in [0.15, 0.2) is 5.13 Å². The fourth-order valence-electron chi connectivity index (χ4n) is 7.06. The number of aryl methyl sites for hydroxylation is 1. The van der Waals surface area contributed by atoms with Crippen LogP contribution < -0.4 is 5.32 Å². The molecule has 8 nitrogen and oxygen atoms in total. The Morgan fingerprint density at radius 3 is 2.51 bits per heavy atom. The number of anilines is 1. The fraction of sp³-hybridized carbons (Fsp3) is 0.548. The molecule has 0 atom stereocenters. The van der Waals surface area contributed by atoms with Gasteiger partial charge in [-0.2, -0.15) is 5.10 Å². The van der Waals surface area contributed by atoms with Crippen LogP contribution in [0.2, 0.25) is 5.02 Å². The van der Waals surface area contributed by atoms with E-state index in [1.165, 1.54) is 62.6 Å². The van der Waals surface area contributed by atoms with Gasteiger partial charge in [-0.05, 0) is 95.5 Å². The first-order chi connectivity index (χ1) is 19.9. The number of likely N-dealkylation sites (tertiary alicyclic amines) is 1. The van der Waals surface area contributed by atoms with Crippen molar-refractivity contribution >= 4 is 39.9 Å². The van der Waals surface area contributed by atoms with E-state index >= 15 is 0 Å². The molecule has 3 fully saturated rings. The van der Waals surface area contributed by atoms with Crippen molar-refractivity contribution in [2.24, 2.45) is 0 Å². The van der Waals surface area contributed by atoms with Gasteiger partial charge in [0.2, 0.25) is 5.91 Å². The second-order valence-corrected chi connectivity index (χ2v) is 13.6. The van der Waals surface area contributed by atoms with E-state index in [2.05, 4.69) is 10.2 Å². The molecule has 3 aromatic rings. The van der Waals surface area contributed by atoms with Crippen LogP contribution >= 0.6 is 22.9 Å². The molecule has 41 heavy (non-hydrogen) atoms. The highest BCUT2D eigenvalue weighted by atomic mass is 35.5. The molecule has 10 heteroatoms. The normalized spacial score (nSPS) is 22.3. The summed E-state index contributed by atoms with van der Waals surface area (Å²) in [7, 11) is 1.94. The number of carbonyl (C=O) groups is 2. The molecule has 1 aliphatic heterocycles. The van der Waals surface area contributed by atoms with Crippen molar-refractivity contribution in [2.75, 3.05) is 25.5 Å². The summed E-state index contributed by atoms with van der Waals surface area (Å²) in [5.41, 5.74) is 5.80. The summed E-state index contributed by atoms with van der Waals surface area (Å²) >= 11 is 8.42. The Kier molecular flexibility index (Phi) is 7.16. The van der Waals surface area contributed by atoms with Gasteiger partial charge < -0.3 is 15.1 Å². The molecule has 0 radical (unpaired) electrons. The lowest BCUT2D eigenvalue weighted by molar-refractivity contribution is -0.114. The van der Waals surface area contributed by atoms with Crippen molar-refractivity contribution in [3.8, 4) is 16.3 Å². The molecule has 3 heterocycles. The van der Waals surface area contributed by atoms with Gasteiger partial charge in [-0.3, -0.25) is 9.59 Å². The highest BCUT2D eigenvalue weighted by molar-refractivity contribution is 7.19. The first-order valence-corrected chi connectivity index (χ1v) is 16.3. The molecular formula is C31H37ClN6O2S. The molecule has 0 unspecified atom stereocenters. The molecule has 1 saturated heterocycles. The van der Waals surface area contributed by atoms with E-state index < -0.39 is 0 Å². The van der Waals surface area contributed by atoms with Crippen molar-refractivity contribution in [2.45, 2.75) is 89.1 Å². The Bertz CT molecular complexity index is 1500. The number of amides is 2. The average Bonchev–Trinajstić information content (AvgIpc) is 3.33. The molecule has 2 amide bonds. The van der Waals surface area contributed by atoms with Crippen molar-refractivity contribution in [3.05, 3.63) is 45.7 Å². The van der Waals surface area contributed by atoms with Crippen molar-refractivity contribution in [1.29, 1.82) is 0 Å². The van der Waals surface area contributed by atoms with Gasteiger partial charge in [-0.25, -0.2) is 9.67 Å². The number of hydrogen-bond acceptors (Lipinski definition) is 6. The minimum Gasteiger partial charge on any atom is -0.339 e. The minimum atomic E-state index is -0.128. The van der Waals surface area contributed by atoms with Crippen molar-refractivity contribution in [1.82, 2.24) is 24.6 Å². The first kappa shape index (κ1) is 27.1. The van der Waals surface area contributed by atoms with Gasteiger partial charge >= 0.3 is 0 Å². The summed E-state index contributed by atoms with van der Waals surface area (Å²) in [4.78, 5) is 35.6. The van der Waals surface area contributed by atoms with Crippen LogP contribution in [0, 0.1) is 0 Å². The summed E-state index contributed by atoms with van der Waals surface area (Å²) in [5.74, 6) is 0.383. The maximum Gasteiger partial charge on any atom is 0.253 e. The Hall–Kier alpha value is -2.75. The molecule has 0 bridgehead atoms. The summed E-state index contributed by atoms with van der Waals surface area (Å²) in [6.45, 7) is 3.97. The van der Waals surface area contributed by atoms with Gasteiger partial charge in [0.1, 0.15) is 0 Å². The number of aromatic nitrogens is 3. The smallest absolute Gasteiger partial charge is 0.253 e. The lowest BCUT2D eigenvalue weighted by atomic mass is 9.89. The van der Waals surface area contributed by atoms with Crippen LogP contribution in [0.3, 0.4) is 0 Å². The molecule has 7 rings (SSSR count). The predicted molar refractivity (Wildman–Crippen MR) is 162 cm³/mol. The number of hydrogen-bond donors (Lipinski definition) is 1. The Morgan fingerprint density at radius 1 is 1.07 bits per heavy atom. The molecule has 0 spiro atoms. The highest BCUT2D eigenvalue weighted by Gasteiger charge is 2.36. The molecule has 1 N–H and O–H groups in total. The third-order valence-electron chi connectivity index (χ3n) is 9.40. The lowest BCUT2D eigenvalue weighted by Gasteiger charge is -2.38. The molecule has 216 valence electrons. The van der Waals surface area contributed by atoms with Crippen molar-refractivity contribution in [3.63, 3.8) is 0 Å². The van der Waals surface area contributed by atoms with E-state index in [1.54, 1.807) is 6.07 Å². The van der Waals surface area contributed by atoms with Gasteiger partial charge in [0.05, 0.1) is 32.7 Å². The minimum absolute atomic E-state index is 0.0222. The molecule has 3 aliphatic carbocycles. The largest absolute Gasteiger partial charge is 0.339 e. The van der Waals surface area contributed by atoms with Crippen molar-refractivity contribution < 1.29 is 9.59 Å². The van der Waals surface area contributed by atoms with Crippen LogP contribution in [0.4, 0.5) is 5.13 Å². The van der Waals surface area contributed by atoms with Crippen LogP contribution in [-0.4, -0.2) is 68.6 Å². The van der Waals surface area contributed by atoms with E-state index in [0.717, 1.165) is 66.2 Å². The third-order valence-corrected chi connectivity index (χ3v) is 10.7. The molecule has 2 aromatic heterocycles. The second kappa shape index (κ2) is 10.8. The zero-order chi connectivity index (χ0) is 28.2. The summed E-state index contributed by atoms with van der Waals surface area (Å²) in [5, 5.41) is 9.07. The third kappa shape index (κ3) is 5.10. The molecule has 1 aromatic carbocycles. The Morgan fingerprint density at radius 2 is 1.83 bits per heavy atom. The van der Waals surface area contributed by atoms with Crippen LogP contribution in [0.1, 0.15) is 91.5 Å². The molecule has 2 saturated carbocycles. The van der Waals surface area contributed by atoms with Gasteiger partial charge in [-0.1, -0.05) is 22.9 Å². The number of carbonyl (C=O) groups excluding carboxylic acids is 2. The number of thiazole rings is 1. The van der Waals surface area contributed by atoms with Gasteiger partial charge in [0, 0.05) is 43.1 Å². The Labute approximate surface area is 250 Å². The van der Waals surface area contributed by atoms with E-state index in [4.69, 9.17) is 21.7 Å². The summed E-state index contributed by atoms with van der Waals surface area (Å²) in [6, 6.07) is 6.57. The lowest BCUT2D eigenvalue weighted by Crippen LogP contribution is -2.44. The Balaban J connectivity index is 1.14. The van der Waals surface area contributed by atoms with E-state index in [9.17, 15) is 9.59 Å². The number of nitrogens with zero attached hydrogens (tertiary/aromatic N) is 5. The second-order valence-electron chi connectivity index (χ2n) is 12.2. The highest BCUT2D eigenvalue weighted by Crippen LogP contribution is 2.48. The predicted octanol–water partition coefficient (Wildman–Crippen LogP) is 6.06. The van der Waals surface area contributed by atoms with Gasteiger partial charge in [0.25, 0.3) is 5.91 Å². The SMILES string of the molecule is CC(=O)Nc1nc2c(s1)-c1c(c(C3CC3)nn1-c1ccc(C(=O)N(C)C3CCC(N4CCCC4)CC3)cc1Cl)CC2. The van der Waals surface area contributed by atoms with E-state index in [0.29, 0.717) is 27.7 Å². The average molecular weight is 593 g/mol. The fourth-order valence-corrected chi connectivity index (χ4v) is 8.43. The number of benzene rings is 1. The number of nitrogens with one attached hydrogen (secondary N) is 1. The quantitative estimate of drug-likeness (QED) is 0.376. The van der Waals surface area contributed by atoms with Crippen LogP contribution in [0.5, 0.6) is 0 Å². The maximum atomic E-state index is 13.6. The van der Waals surface area contributed by atoms with E-state index in [-0.39, 0.29) is 17.9 Å². The zero-order valence-electron chi connectivity index (χ0n) is 23.8. The topological polar surface area (TPSA) is 83.4 Å². The van der Waals surface area contributed by atoms with E-state index in [1.807, 2.05) is 28.8 Å². The summed E-state index contributed by atoms with van der Waals surface area (Å²) in [6.07, 6.45) is 11.1. The number of halogens is 1. The van der Waals surface area contributed by atoms with Crippen LogP contribution in [-0.2, 0) is 17.6 Å². The van der Waals surface area contributed by atoms with Gasteiger partial charge in [-0.15, -0.1) is 0 Å². The first-order valence-electron chi connectivity index (χ1n) is 15.1. The van der Waals surface area contributed by atoms with Crippen LogP contribution in [0.25, 0.3) is 16.3 Å². The zero-order valence-corrected chi connectivity index (χ0v) is 25.4.